The summed E-state index contributed by atoms with van der Waals surface area (Å²) < 4.78 is 6.43. The van der Waals surface area contributed by atoms with Crippen molar-refractivity contribution in [1.29, 1.82) is 0 Å². The third-order valence-corrected chi connectivity index (χ3v) is 5.67. The Morgan fingerprint density at radius 1 is 1.19 bits per heavy atom. The zero-order valence-corrected chi connectivity index (χ0v) is 15.2. The molecule has 0 bridgehead atoms. The van der Waals surface area contributed by atoms with Gasteiger partial charge < -0.3 is 15.0 Å². The average Bonchev–Trinajstić information content (AvgIpc) is 3.16. The molecule has 1 N–H and O–H groups in total. The van der Waals surface area contributed by atoms with Crippen LogP contribution >= 0.6 is 0 Å². The maximum atomic E-state index is 6.43. The molecule has 0 aromatic carbocycles. The maximum absolute atomic E-state index is 6.43. The van der Waals surface area contributed by atoms with Crippen molar-refractivity contribution in [3.05, 3.63) is 0 Å². The molecule has 2 fully saturated rings. The summed E-state index contributed by atoms with van der Waals surface area (Å²) in [5, 5.41) is 3.76. The van der Waals surface area contributed by atoms with Gasteiger partial charge in [0.15, 0.2) is 0 Å². The summed E-state index contributed by atoms with van der Waals surface area (Å²) in [5.41, 5.74) is -0.153. The lowest BCUT2D eigenvalue weighted by Crippen LogP contribution is -2.51. The highest BCUT2D eigenvalue weighted by atomic mass is 16.5. The first kappa shape index (κ1) is 17.2. The van der Waals surface area contributed by atoms with Gasteiger partial charge in [-0.15, -0.1) is 0 Å². The second-order valence-electron chi connectivity index (χ2n) is 8.36. The molecule has 3 nitrogen and oxygen atoms in total. The topological polar surface area (TPSA) is 24.5 Å². The van der Waals surface area contributed by atoms with Gasteiger partial charge in [-0.25, -0.2) is 0 Å². The highest BCUT2D eigenvalue weighted by molar-refractivity contribution is 5.06. The lowest BCUT2D eigenvalue weighted by Gasteiger charge is -2.35. The Labute approximate surface area is 131 Å². The monoisotopic (exact) mass is 296 g/mol. The third-order valence-electron chi connectivity index (χ3n) is 5.67. The molecule has 0 spiro atoms. The summed E-state index contributed by atoms with van der Waals surface area (Å²) in [7, 11) is 2.29. The van der Waals surface area contributed by atoms with E-state index in [0.29, 0.717) is 18.0 Å². The van der Waals surface area contributed by atoms with Gasteiger partial charge >= 0.3 is 0 Å². The molecule has 3 heteroatoms. The molecule has 3 unspecified atom stereocenters. The Morgan fingerprint density at radius 3 is 2.33 bits per heavy atom. The fourth-order valence-electron chi connectivity index (χ4n) is 4.13. The number of hydrogen-bond acceptors (Lipinski definition) is 3. The summed E-state index contributed by atoms with van der Waals surface area (Å²) in [4.78, 5) is 2.56. The minimum atomic E-state index is -0.0903. The van der Waals surface area contributed by atoms with E-state index < -0.39 is 0 Å². The molecule has 1 saturated carbocycles. The van der Waals surface area contributed by atoms with Crippen LogP contribution in [0.3, 0.4) is 0 Å². The number of ether oxygens (including phenoxy) is 1. The molecule has 1 heterocycles. The van der Waals surface area contributed by atoms with Crippen molar-refractivity contribution in [2.75, 3.05) is 20.1 Å². The first-order valence-corrected chi connectivity index (χ1v) is 8.83. The zero-order valence-electron chi connectivity index (χ0n) is 15.2. The van der Waals surface area contributed by atoms with Crippen LogP contribution in [0.1, 0.15) is 60.8 Å². The summed E-state index contributed by atoms with van der Waals surface area (Å²) in [6.07, 6.45) is 4.01. The molecule has 124 valence electrons. The van der Waals surface area contributed by atoms with Gasteiger partial charge in [-0.3, -0.25) is 0 Å². The molecule has 3 atom stereocenters. The highest BCUT2D eigenvalue weighted by Gasteiger charge is 2.53. The fourth-order valence-corrected chi connectivity index (χ4v) is 4.13. The van der Waals surface area contributed by atoms with E-state index in [4.69, 9.17) is 4.74 Å². The van der Waals surface area contributed by atoms with Gasteiger partial charge in [0.05, 0.1) is 11.2 Å². The van der Waals surface area contributed by atoms with Crippen LogP contribution in [0.5, 0.6) is 0 Å². The first-order chi connectivity index (χ1) is 9.69. The van der Waals surface area contributed by atoms with Crippen LogP contribution in [0.4, 0.5) is 0 Å². The smallest absolute Gasteiger partial charge is 0.0790 e. The predicted octanol–water partition coefficient (Wildman–Crippen LogP) is 3.29. The Morgan fingerprint density at radius 2 is 1.81 bits per heavy atom. The largest absolute Gasteiger partial charge is 0.368 e. The van der Waals surface area contributed by atoms with Gasteiger partial charge in [0.25, 0.3) is 0 Å². The van der Waals surface area contributed by atoms with Crippen LogP contribution in [0, 0.1) is 11.8 Å². The molecule has 1 aliphatic carbocycles. The molecule has 0 aromatic rings. The molecule has 2 aliphatic rings. The van der Waals surface area contributed by atoms with E-state index in [9.17, 15) is 0 Å². The molecular formula is C18H36N2O. The molecule has 2 rings (SSSR count). The van der Waals surface area contributed by atoms with Crippen molar-refractivity contribution in [2.45, 2.75) is 84.1 Å². The number of hydrogen-bond donors (Lipinski definition) is 1. The number of nitrogens with one attached hydrogen (secondary N) is 1. The molecule has 21 heavy (non-hydrogen) atoms. The zero-order chi connectivity index (χ0) is 15.8. The predicted molar refractivity (Wildman–Crippen MR) is 89.6 cm³/mol. The fraction of sp³-hybridized carbons (Fsp3) is 1.00. The molecule has 0 amide bonds. The van der Waals surface area contributed by atoms with Gasteiger partial charge in [0.2, 0.25) is 0 Å². The summed E-state index contributed by atoms with van der Waals surface area (Å²) in [5.74, 6) is 1.46. The van der Waals surface area contributed by atoms with Crippen LogP contribution in [-0.4, -0.2) is 48.3 Å². The number of nitrogens with zero attached hydrogens (tertiary/aromatic N) is 1. The van der Waals surface area contributed by atoms with Gasteiger partial charge in [-0.05, 0) is 73.4 Å². The van der Waals surface area contributed by atoms with Crippen LogP contribution in [0.2, 0.25) is 0 Å². The van der Waals surface area contributed by atoms with E-state index in [1.54, 1.807) is 0 Å². The van der Waals surface area contributed by atoms with Crippen LogP contribution in [-0.2, 0) is 4.74 Å². The van der Waals surface area contributed by atoms with Crippen LogP contribution < -0.4 is 5.32 Å². The first-order valence-electron chi connectivity index (χ1n) is 8.83. The minimum Gasteiger partial charge on any atom is -0.368 e. The highest BCUT2D eigenvalue weighted by Crippen LogP contribution is 2.43. The lowest BCUT2D eigenvalue weighted by atomic mass is 9.81. The number of rotatable bonds is 7. The van der Waals surface area contributed by atoms with Crippen molar-refractivity contribution in [1.82, 2.24) is 10.2 Å². The quantitative estimate of drug-likeness (QED) is 0.780. The summed E-state index contributed by atoms with van der Waals surface area (Å²) >= 11 is 0. The van der Waals surface area contributed by atoms with Gasteiger partial charge in [0.1, 0.15) is 0 Å². The van der Waals surface area contributed by atoms with Crippen molar-refractivity contribution in [2.24, 2.45) is 11.8 Å². The third kappa shape index (κ3) is 3.80. The van der Waals surface area contributed by atoms with E-state index in [1.807, 2.05) is 0 Å². The second kappa shape index (κ2) is 6.17. The maximum Gasteiger partial charge on any atom is 0.0790 e. The average molecular weight is 296 g/mol. The van der Waals surface area contributed by atoms with Gasteiger partial charge in [0, 0.05) is 24.5 Å². The standard InChI is InChI=1S/C18H36N2O/c1-8-11-19-16-15(17(3,4)21-18(16,5)6)12-20(7)13(2)14-9-10-14/h13-16,19H,8-12H2,1-7H3. The molecule has 0 aromatic heterocycles. The summed E-state index contributed by atoms with van der Waals surface area (Å²) in [6.45, 7) is 15.8. The van der Waals surface area contributed by atoms with Crippen LogP contribution in [0.25, 0.3) is 0 Å². The molecule has 0 radical (unpaired) electrons. The van der Waals surface area contributed by atoms with Gasteiger partial charge in [-0.1, -0.05) is 6.92 Å². The van der Waals surface area contributed by atoms with Crippen molar-refractivity contribution < 1.29 is 4.74 Å². The minimum absolute atomic E-state index is 0.0631. The van der Waals surface area contributed by atoms with Crippen LogP contribution in [0.15, 0.2) is 0 Å². The normalized spacial score (nSPS) is 32.6. The Kier molecular flexibility index (Phi) is 5.07. The van der Waals surface area contributed by atoms with Crippen molar-refractivity contribution in [3.63, 3.8) is 0 Å². The van der Waals surface area contributed by atoms with E-state index in [1.165, 1.54) is 19.3 Å². The van der Waals surface area contributed by atoms with Crippen molar-refractivity contribution in [3.8, 4) is 0 Å². The second-order valence-corrected chi connectivity index (χ2v) is 8.36. The molecular weight excluding hydrogens is 260 g/mol. The van der Waals surface area contributed by atoms with E-state index in [0.717, 1.165) is 19.0 Å². The Balaban J connectivity index is 2.08. The van der Waals surface area contributed by atoms with E-state index in [2.05, 4.69) is 58.8 Å². The Hall–Kier alpha value is -0.120. The van der Waals surface area contributed by atoms with E-state index >= 15 is 0 Å². The van der Waals surface area contributed by atoms with Crippen molar-refractivity contribution >= 4 is 0 Å². The lowest BCUT2D eigenvalue weighted by molar-refractivity contribution is -0.0798. The van der Waals surface area contributed by atoms with E-state index in [-0.39, 0.29) is 11.2 Å². The molecule has 1 saturated heterocycles. The van der Waals surface area contributed by atoms with Gasteiger partial charge in [-0.2, -0.15) is 0 Å². The Bertz CT molecular complexity index is 349. The SMILES string of the molecule is CCCNC1C(CN(C)C(C)C2CC2)C(C)(C)OC1(C)C. The summed E-state index contributed by atoms with van der Waals surface area (Å²) in [6, 6.07) is 1.14. The molecule has 1 aliphatic heterocycles.